The van der Waals surface area contributed by atoms with Crippen LogP contribution in [-0.2, 0) is 9.59 Å². The highest BCUT2D eigenvalue weighted by molar-refractivity contribution is 5.81. The maximum Gasteiger partial charge on any atom is 0.307 e. The van der Waals surface area contributed by atoms with Crippen molar-refractivity contribution in [1.29, 1.82) is 0 Å². The van der Waals surface area contributed by atoms with Crippen LogP contribution in [0.3, 0.4) is 0 Å². The summed E-state index contributed by atoms with van der Waals surface area (Å²) in [5, 5.41) is 17.8. The van der Waals surface area contributed by atoms with Gasteiger partial charge in [-0.25, -0.2) is 0 Å². The number of carbonyl (C=O) groups is 2. The molecule has 0 aromatic carbocycles. The SMILES string of the molecule is O=C(O)[C@@H]1[C@H]2CC[C@@H](C2)[C@@H]1C(=O)O. The van der Waals surface area contributed by atoms with Crippen LogP contribution in [-0.4, -0.2) is 22.2 Å². The van der Waals surface area contributed by atoms with Crippen LogP contribution < -0.4 is 0 Å². The Kier molecular flexibility index (Phi) is 1.78. The van der Waals surface area contributed by atoms with Crippen molar-refractivity contribution in [1.82, 2.24) is 0 Å². The lowest BCUT2D eigenvalue weighted by Gasteiger charge is -2.24. The minimum atomic E-state index is -0.931. The molecular weight excluding hydrogens is 172 g/mol. The van der Waals surface area contributed by atoms with Crippen LogP contribution in [0.25, 0.3) is 0 Å². The van der Waals surface area contributed by atoms with Crippen LogP contribution >= 0.6 is 0 Å². The first-order valence-electron chi connectivity index (χ1n) is 4.57. The van der Waals surface area contributed by atoms with Gasteiger partial charge >= 0.3 is 11.9 Å². The van der Waals surface area contributed by atoms with Gasteiger partial charge in [-0.15, -0.1) is 0 Å². The Morgan fingerprint density at radius 1 is 0.923 bits per heavy atom. The molecule has 4 atom stereocenters. The third-order valence-electron chi connectivity index (χ3n) is 3.49. The highest BCUT2D eigenvalue weighted by atomic mass is 16.4. The summed E-state index contributed by atoms with van der Waals surface area (Å²) in [5.41, 5.74) is 0. The lowest BCUT2D eigenvalue weighted by atomic mass is 9.79. The minimum Gasteiger partial charge on any atom is -0.481 e. The molecule has 0 spiro atoms. The van der Waals surface area contributed by atoms with Gasteiger partial charge < -0.3 is 10.2 Å². The molecule has 0 aliphatic heterocycles. The average Bonchev–Trinajstić information content (AvgIpc) is 2.60. The Hall–Kier alpha value is -1.06. The van der Waals surface area contributed by atoms with E-state index in [0.29, 0.717) is 0 Å². The molecule has 4 nitrogen and oxygen atoms in total. The number of hydrogen-bond donors (Lipinski definition) is 2. The van der Waals surface area contributed by atoms with E-state index < -0.39 is 23.8 Å². The van der Waals surface area contributed by atoms with Crippen LogP contribution in [0.4, 0.5) is 0 Å². The highest BCUT2D eigenvalue weighted by Crippen LogP contribution is 2.52. The highest BCUT2D eigenvalue weighted by Gasteiger charge is 2.54. The van der Waals surface area contributed by atoms with E-state index in [1.54, 1.807) is 0 Å². The Labute approximate surface area is 75.6 Å². The first kappa shape index (κ1) is 8.53. The third-order valence-corrected chi connectivity index (χ3v) is 3.49. The molecule has 0 radical (unpaired) electrons. The summed E-state index contributed by atoms with van der Waals surface area (Å²) in [7, 11) is 0. The van der Waals surface area contributed by atoms with Crippen LogP contribution in [0.5, 0.6) is 0 Å². The van der Waals surface area contributed by atoms with Crippen molar-refractivity contribution in [3.63, 3.8) is 0 Å². The smallest absolute Gasteiger partial charge is 0.307 e. The summed E-state index contributed by atoms with van der Waals surface area (Å²) in [6.45, 7) is 0. The zero-order chi connectivity index (χ0) is 9.59. The normalized spacial score (nSPS) is 42.2. The number of fused-ring (bicyclic) bond motifs is 2. The quantitative estimate of drug-likeness (QED) is 0.666. The van der Waals surface area contributed by atoms with Crippen molar-refractivity contribution in [2.45, 2.75) is 19.3 Å². The topological polar surface area (TPSA) is 74.6 Å². The van der Waals surface area contributed by atoms with Gasteiger partial charge in [-0.05, 0) is 31.1 Å². The number of carboxylic acids is 2. The fourth-order valence-corrected chi connectivity index (χ4v) is 3.00. The van der Waals surface area contributed by atoms with E-state index in [1.807, 2.05) is 0 Å². The first-order chi connectivity index (χ1) is 6.11. The number of aliphatic carboxylic acids is 2. The number of rotatable bonds is 2. The second-order valence-corrected chi connectivity index (χ2v) is 4.06. The molecule has 13 heavy (non-hydrogen) atoms. The van der Waals surface area contributed by atoms with Crippen LogP contribution in [0.15, 0.2) is 0 Å². The molecule has 0 aromatic rings. The molecule has 0 aromatic heterocycles. The van der Waals surface area contributed by atoms with Gasteiger partial charge in [0.1, 0.15) is 0 Å². The van der Waals surface area contributed by atoms with Gasteiger partial charge in [-0.2, -0.15) is 0 Å². The van der Waals surface area contributed by atoms with E-state index >= 15 is 0 Å². The van der Waals surface area contributed by atoms with Crippen molar-refractivity contribution >= 4 is 11.9 Å². The van der Waals surface area contributed by atoms with Gasteiger partial charge in [0.05, 0.1) is 11.8 Å². The van der Waals surface area contributed by atoms with E-state index in [2.05, 4.69) is 0 Å². The fraction of sp³-hybridized carbons (Fsp3) is 0.778. The average molecular weight is 184 g/mol. The molecular formula is C9H12O4. The molecule has 0 amide bonds. The van der Waals surface area contributed by atoms with E-state index in [1.165, 1.54) is 0 Å². The van der Waals surface area contributed by atoms with Gasteiger partial charge in [0.25, 0.3) is 0 Å². The lowest BCUT2D eigenvalue weighted by molar-refractivity contribution is -0.156. The molecule has 2 fully saturated rings. The second kappa shape index (κ2) is 2.72. The molecule has 2 N–H and O–H groups in total. The predicted octanol–water partition coefficient (Wildman–Crippen LogP) is 0.818. The zero-order valence-electron chi connectivity index (χ0n) is 7.14. The molecule has 2 aliphatic carbocycles. The summed E-state index contributed by atoms with van der Waals surface area (Å²) < 4.78 is 0. The van der Waals surface area contributed by atoms with Crippen LogP contribution in [0.2, 0.25) is 0 Å². The summed E-state index contributed by atoms with van der Waals surface area (Å²) in [4.78, 5) is 21.7. The fourth-order valence-electron chi connectivity index (χ4n) is 3.00. The zero-order valence-corrected chi connectivity index (χ0v) is 7.14. The van der Waals surface area contributed by atoms with Gasteiger partial charge in [-0.3, -0.25) is 9.59 Å². The number of carboxylic acid groups (broad SMARTS) is 2. The summed E-state index contributed by atoms with van der Waals surface area (Å²) in [5.74, 6) is -2.89. The Morgan fingerprint density at radius 3 is 1.62 bits per heavy atom. The molecule has 2 aliphatic rings. The van der Waals surface area contributed by atoms with Gasteiger partial charge in [-0.1, -0.05) is 0 Å². The molecule has 0 heterocycles. The predicted molar refractivity (Wildman–Crippen MR) is 43.1 cm³/mol. The number of hydrogen-bond acceptors (Lipinski definition) is 2. The van der Waals surface area contributed by atoms with Gasteiger partial charge in [0.2, 0.25) is 0 Å². The molecule has 2 saturated carbocycles. The molecule has 2 bridgehead atoms. The maximum absolute atomic E-state index is 10.8. The summed E-state index contributed by atoms with van der Waals surface area (Å²) >= 11 is 0. The molecule has 0 saturated heterocycles. The van der Waals surface area contributed by atoms with Crippen LogP contribution in [0, 0.1) is 23.7 Å². The molecule has 2 rings (SSSR count). The monoisotopic (exact) mass is 184 g/mol. The molecule has 72 valence electrons. The standard InChI is InChI=1S/C9H12O4/c10-8(11)6-4-1-2-5(3-4)7(6)9(12)13/h4-7H,1-3H2,(H,10,11)(H,12,13)/t4-,5-,6-,7+/m0/s1. The third kappa shape index (κ3) is 1.12. The van der Waals surface area contributed by atoms with Crippen molar-refractivity contribution in [2.24, 2.45) is 23.7 Å². The van der Waals surface area contributed by atoms with E-state index in [-0.39, 0.29) is 11.8 Å². The summed E-state index contributed by atoms with van der Waals surface area (Å²) in [6, 6.07) is 0. The summed E-state index contributed by atoms with van der Waals surface area (Å²) in [6.07, 6.45) is 2.59. The van der Waals surface area contributed by atoms with E-state index in [4.69, 9.17) is 10.2 Å². The molecule has 0 unspecified atom stereocenters. The van der Waals surface area contributed by atoms with E-state index in [9.17, 15) is 9.59 Å². The van der Waals surface area contributed by atoms with Crippen LogP contribution in [0.1, 0.15) is 19.3 Å². The van der Waals surface area contributed by atoms with Crippen molar-refractivity contribution in [3.8, 4) is 0 Å². The van der Waals surface area contributed by atoms with Gasteiger partial charge in [0, 0.05) is 0 Å². The van der Waals surface area contributed by atoms with E-state index in [0.717, 1.165) is 19.3 Å². The van der Waals surface area contributed by atoms with Gasteiger partial charge in [0.15, 0.2) is 0 Å². The Balaban J connectivity index is 2.24. The van der Waals surface area contributed by atoms with Crippen molar-refractivity contribution in [3.05, 3.63) is 0 Å². The second-order valence-electron chi connectivity index (χ2n) is 4.06. The minimum absolute atomic E-state index is 0.114. The maximum atomic E-state index is 10.8. The lowest BCUT2D eigenvalue weighted by Crippen LogP contribution is -2.34. The largest absolute Gasteiger partial charge is 0.481 e. The first-order valence-corrected chi connectivity index (χ1v) is 4.57. The Bertz CT molecular complexity index is 234. The van der Waals surface area contributed by atoms with Crippen molar-refractivity contribution < 1.29 is 19.8 Å². The van der Waals surface area contributed by atoms with Crippen molar-refractivity contribution in [2.75, 3.05) is 0 Å². The molecule has 4 heteroatoms. The Morgan fingerprint density at radius 2 is 1.31 bits per heavy atom.